The SMILES string of the molecule is Cc1cc(C)cc(NC(=O)c2coc(C(N)Cc3c[nH]c4ccccc34)n2)c1. The van der Waals surface area contributed by atoms with Gasteiger partial charge in [-0.2, -0.15) is 0 Å². The van der Waals surface area contributed by atoms with Gasteiger partial charge < -0.3 is 20.5 Å². The summed E-state index contributed by atoms with van der Waals surface area (Å²) >= 11 is 0. The van der Waals surface area contributed by atoms with Gasteiger partial charge in [-0.15, -0.1) is 0 Å². The highest BCUT2D eigenvalue weighted by Gasteiger charge is 2.19. The first-order valence-corrected chi connectivity index (χ1v) is 9.15. The van der Waals surface area contributed by atoms with Crippen LogP contribution in [0.2, 0.25) is 0 Å². The molecule has 4 aromatic rings. The minimum atomic E-state index is -0.443. The highest BCUT2D eigenvalue weighted by atomic mass is 16.3. The molecule has 0 radical (unpaired) electrons. The van der Waals surface area contributed by atoms with Gasteiger partial charge in [-0.3, -0.25) is 4.79 Å². The Labute approximate surface area is 162 Å². The first-order valence-electron chi connectivity index (χ1n) is 9.15. The molecule has 0 bridgehead atoms. The van der Waals surface area contributed by atoms with Crippen LogP contribution in [0.4, 0.5) is 5.69 Å². The maximum Gasteiger partial charge on any atom is 0.277 e. The van der Waals surface area contributed by atoms with Crippen molar-refractivity contribution in [3.05, 3.63) is 83.2 Å². The maximum absolute atomic E-state index is 12.5. The number of oxazole rings is 1. The van der Waals surface area contributed by atoms with Crippen molar-refractivity contribution in [2.24, 2.45) is 5.73 Å². The van der Waals surface area contributed by atoms with Crippen LogP contribution in [-0.2, 0) is 6.42 Å². The Morgan fingerprint density at radius 2 is 1.96 bits per heavy atom. The molecule has 0 aliphatic carbocycles. The van der Waals surface area contributed by atoms with E-state index < -0.39 is 6.04 Å². The highest BCUT2D eigenvalue weighted by molar-refractivity contribution is 6.02. The third-order valence-corrected chi connectivity index (χ3v) is 4.67. The lowest BCUT2D eigenvalue weighted by molar-refractivity contribution is 0.102. The van der Waals surface area contributed by atoms with Crippen LogP contribution in [0.25, 0.3) is 10.9 Å². The fraction of sp³-hybridized carbons (Fsp3) is 0.182. The molecule has 1 atom stereocenters. The number of carbonyl (C=O) groups excluding carboxylic acids is 1. The molecule has 0 saturated carbocycles. The molecule has 28 heavy (non-hydrogen) atoms. The number of rotatable bonds is 5. The Balaban J connectivity index is 1.48. The smallest absolute Gasteiger partial charge is 0.277 e. The lowest BCUT2D eigenvalue weighted by atomic mass is 10.1. The van der Waals surface area contributed by atoms with Crippen LogP contribution >= 0.6 is 0 Å². The van der Waals surface area contributed by atoms with Crippen LogP contribution in [-0.4, -0.2) is 15.9 Å². The molecule has 4 rings (SSSR count). The topological polar surface area (TPSA) is 96.9 Å². The van der Waals surface area contributed by atoms with Gasteiger partial charge in [0.1, 0.15) is 6.26 Å². The van der Waals surface area contributed by atoms with E-state index in [9.17, 15) is 4.79 Å². The Bertz CT molecular complexity index is 1120. The van der Waals surface area contributed by atoms with Crippen LogP contribution in [0.3, 0.4) is 0 Å². The van der Waals surface area contributed by atoms with E-state index >= 15 is 0 Å². The quantitative estimate of drug-likeness (QED) is 0.486. The molecule has 142 valence electrons. The third-order valence-electron chi connectivity index (χ3n) is 4.67. The number of benzene rings is 2. The van der Waals surface area contributed by atoms with E-state index in [-0.39, 0.29) is 11.6 Å². The van der Waals surface area contributed by atoms with Crippen LogP contribution in [0, 0.1) is 13.8 Å². The number of carbonyl (C=O) groups is 1. The largest absolute Gasteiger partial charge is 0.446 e. The molecule has 0 aliphatic rings. The fourth-order valence-electron chi connectivity index (χ4n) is 3.43. The molecule has 0 spiro atoms. The number of hydrogen-bond acceptors (Lipinski definition) is 4. The number of amides is 1. The summed E-state index contributed by atoms with van der Waals surface area (Å²) in [6.07, 6.45) is 3.85. The average molecular weight is 374 g/mol. The Morgan fingerprint density at radius 3 is 2.75 bits per heavy atom. The van der Waals surface area contributed by atoms with Crippen molar-refractivity contribution >= 4 is 22.5 Å². The van der Waals surface area contributed by atoms with Crippen LogP contribution in [0.15, 0.2) is 59.3 Å². The van der Waals surface area contributed by atoms with Gasteiger partial charge in [0.2, 0.25) is 5.89 Å². The zero-order valence-electron chi connectivity index (χ0n) is 15.8. The van der Waals surface area contributed by atoms with E-state index in [0.717, 1.165) is 33.3 Å². The number of para-hydroxylation sites is 1. The summed E-state index contributed by atoms with van der Waals surface area (Å²) in [4.78, 5) is 20.0. The number of aryl methyl sites for hydroxylation is 2. The van der Waals surface area contributed by atoms with Crippen molar-refractivity contribution in [1.29, 1.82) is 0 Å². The first kappa shape index (κ1) is 18.0. The van der Waals surface area contributed by atoms with Crippen LogP contribution < -0.4 is 11.1 Å². The summed E-state index contributed by atoms with van der Waals surface area (Å²) in [6.45, 7) is 3.97. The van der Waals surface area contributed by atoms with Gasteiger partial charge in [-0.25, -0.2) is 4.98 Å². The predicted molar refractivity (Wildman–Crippen MR) is 109 cm³/mol. The minimum Gasteiger partial charge on any atom is -0.446 e. The zero-order chi connectivity index (χ0) is 19.7. The molecular weight excluding hydrogens is 352 g/mol. The Kier molecular flexibility index (Phi) is 4.71. The van der Waals surface area contributed by atoms with Crippen LogP contribution in [0.5, 0.6) is 0 Å². The molecule has 6 nitrogen and oxygen atoms in total. The second-order valence-electron chi connectivity index (χ2n) is 7.07. The van der Waals surface area contributed by atoms with E-state index in [1.54, 1.807) is 0 Å². The molecule has 1 amide bonds. The number of nitrogens with one attached hydrogen (secondary N) is 2. The zero-order valence-corrected chi connectivity index (χ0v) is 15.8. The number of H-pyrrole nitrogens is 1. The second kappa shape index (κ2) is 7.32. The van der Waals surface area contributed by atoms with E-state index in [2.05, 4.69) is 15.3 Å². The molecule has 2 aromatic carbocycles. The lowest BCUT2D eigenvalue weighted by Gasteiger charge is -2.07. The van der Waals surface area contributed by atoms with Gasteiger partial charge in [0.15, 0.2) is 5.69 Å². The van der Waals surface area contributed by atoms with Crippen molar-refractivity contribution in [3.8, 4) is 0 Å². The maximum atomic E-state index is 12.5. The Morgan fingerprint density at radius 1 is 1.21 bits per heavy atom. The molecule has 4 N–H and O–H groups in total. The second-order valence-corrected chi connectivity index (χ2v) is 7.07. The summed E-state index contributed by atoms with van der Waals surface area (Å²) in [5, 5.41) is 3.98. The van der Waals surface area contributed by atoms with Gasteiger partial charge >= 0.3 is 0 Å². The van der Waals surface area contributed by atoms with Crippen molar-refractivity contribution in [2.75, 3.05) is 5.32 Å². The average Bonchev–Trinajstić information content (AvgIpc) is 3.29. The van der Waals surface area contributed by atoms with Crippen molar-refractivity contribution in [1.82, 2.24) is 9.97 Å². The molecule has 2 aromatic heterocycles. The number of aromatic nitrogens is 2. The predicted octanol–water partition coefficient (Wildman–Crippen LogP) is 4.27. The van der Waals surface area contributed by atoms with Gasteiger partial charge in [0.05, 0.1) is 6.04 Å². The first-order chi connectivity index (χ1) is 13.5. The summed E-state index contributed by atoms with van der Waals surface area (Å²) in [6, 6.07) is 13.5. The summed E-state index contributed by atoms with van der Waals surface area (Å²) in [5.74, 6) is 0.0233. The Hall–Kier alpha value is -3.38. The van der Waals surface area contributed by atoms with E-state index in [1.807, 2.05) is 62.5 Å². The minimum absolute atomic E-state index is 0.212. The van der Waals surface area contributed by atoms with Gasteiger partial charge in [0, 0.05) is 22.8 Å². The molecule has 0 fully saturated rings. The van der Waals surface area contributed by atoms with E-state index in [4.69, 9.17) is 10.2 Å². The summed E-state index contributed by atoms with van der Waals surface area (Å²) < 4.78 is 5.49. The van der Waals surface area contributed by atoms with Crippen molar-refractivity contribution < 1.29 is 9.21 Å². The number of anilines is 1. The lowest BCUT2D eigenvalue weighted by Crippen LogP contribution is -2.16. The molecule has 1 unspecified atom stereocenters. The molecule has 0 saturated heterocycles. The number of fused-ring (bicyclic) bond motifs is 1. The molecule has 2 heterocycles. The number of hydrogen-bond donors (Lipinski definition) is 3. The van der Waals surface area contributed by atoms with Gasteiger partial charge in [0.25, 0.3) is 5.91 Å². The molecule has 6 heteroatoms. The van der Waals surface area contributed by atoms with Crippen LogP contribution in [0.1, 0.15) is 39.1 Å². The number of aromatic amines is 1. The molecule has 0 aliphatic heterocycles. The van der Waals surface area contributed by atoms with E-state index in [1.165, 1.54) is 6.26 Å². The monoisotopic (exact) mass is 374 g/mol. The highest BCUT2D eigenvalue weighted by Crippen LogP contribution is 2.23. The fourth-order valence-corrected chi connectivity index (χ4v) is 3.43. The number of nitrogens with zero attached hydrogens (tertiary/aromatic N) is 1. The summed E-state index contributed by atoms with van der Waals surface area (Å²) in [5.41, 5.74) is 11.5. The summed E-state index contributed by atoms with van der Waals surface area (Å²) in [7, 11) is 0. The normalized spacial score (nSPS) is 12.2. The molecular formula is C22H22N4O2. The van der Waals surface area contributed by atoms with E-state index in [0.29, 0.717) is 12.3 Å². The van der Waals surface area contributed by atoms with Crippen molar-refractivity contribution in [2.45, 2.75) is 26.3 Å². The van der Waals surface area contributed by atoms with Crippen molar-refractivity contribution in [3.63, 3.8) is 0 Å². The third kappa shape index (κ3) is 3.68. The standard InChI is InChI=1S/C22H22N4O2/c1-13-7-14(2)9-16(8-13)25-21(27)20-12-28-22(26-20)18(23)10-15-11-24-19-6-4-3-5-17(15)19/h3-9,11-12,18,24H,10,23H2,1-2H3,(H,25,27). The van der Waals surface area contributed by atoms with Gasteiger partial charge in [-0.1, -0.05) is 24.3 Å². The van der Waals surface area contributed by atoms with Gasteiger partial charge in [-0.05, 0) is 55.2 Å². The number of nitrogens with two attached hydrogens (primary N) is 1.